The zero-order valence-electron chi connectivity index (χ0n) is 13.7. The van der Waals surface area contributed by atoms with Gasteiger partial charge in [0.15, 0.2) is 0 Å². The number of nitro groups is 1. The molecule has 12 heteroatoms. The summed E-state index contributed by atoms with van der Waals surface area (Å²) in [4.78, 5) is 33.5. The van der Waals surface area contributed by atoms with Crippen molar-refractivity contribution in [2.24, 2.45) is 5.10 Å². The number of anilines is 1. The number of hydrogen-bond acceptors (Lipinski definition) is 5. The fraction of sp³-hybridized carbons (Fsp3) is 0.0625. The number of benzene rings is 2. The Morgan fingerprint density at radius 2 is 1.86 bits per heavy atom. The quantitative estimate of drug-likeness (QED) is 0.345. The van der Waals surface area contributed by atoms with Gasteiger partial charge < -0.3 is 5.32 Å². The van der Waals surface area contributed by atoms with Gasteiger partial charge in [-0.2, -0.15) is 18.3 Å². The molecule has 0 aliphatic heterocycles. The van der Waals surface area contributed by atoms with Crippen molar-refractivity contribution in [2.45, 2.75) is 6.18 Å². The summed E-state index contributed by atoms with van der Waals surface area (Å²) in [6.07, 6.45) is -3.63. The van der Waals surface area contributed by atoms with E-state index in [0.717, 1.165) is 24.4 Å². The molecule has 2 aromatic rings. The van der Waals surface area contributed by atoms with Crippen molar-refractivity contribution in [3.05, 3.63) is 68.7 Å². The summed E-state index contributed by atoms with van der Waals surface area (Å²) in [7, 11) is 0. The summed E-state index contributed by atoms with van der Waals surface area (Å²) in [6.45, 7) is 0. The van der Waals surface area contributed by atoms with Crippen molar-refractivity contribution >= 4 is 41.0 Å². The molecule has 0 heterocycles. The Balaban J connectivity index is 2.02. The van der Waals surface area contributed by atoms with Crippen LogP contribution in [0.25, 0.3) is 0 Å². The highest BCUT2D eigenvalue weighted by atomic mass is 35.5. The van der Waals surface area contributed by atoms with Gasteiger partial charge in [-0.05, 0) is 24.3 Å². The Hall–Kier alpha value is -3.47. The number of alkyl halides is 3. The molecule has 0 saturated carbocycles. The number of nitro benzene ring substituents is 1. The van der Waals surface area contributed by atoms with Gasteiger partial charge >= 0.3 is 18.0 Å². The van der Waals surface area contributed by atoms with Crippen molar-refractivity contribution in [1.29, 1.82) is 0 Å². The van der Waals surface area contributed by atoms with Crippen LogP contribution in [0.15, 0.2) is 47.6 Å². The minimum atomic E-state index is -4.61. The van der Waals surface area contributed by atoms with E-state index in [1.54, 1.807) is 0 Å². The number of carbonyl (C=O) groups is 2. The largest absolute Gasteiger partial charge is 0.416 e. The lowest BCUT2D eigenvalue weighted by atomic mass is 10.2. The Labute approximate surface area is 160 Å². The van der Waals surface area contributed by atoms with Crippen LogP contribution in [-0.4, -0.2) is 23.0 Å². The Morgan fingerprint density at radius 3 is 2.50 bits per heavy atom. The van der Waals surface area contributed by atoms with Crippen LogP contribution in [0.5, 0.6) is 0 Å². The third kappa shape index (κ3) is 5.51. The molecule has 146 valence electrons. The van der Waals surface area contributed by atoms with E-state index in [4.69, 9.17) is 11.6 Å². The second-order valence-corrected chi connectivity index (χ2v) is 5.60. The molecular formula is C16H10ClF3N4O4. The Bertz CT molecular complexity index is 963. The molecule has 0 radical (unpaired) electrons. The van der Waals surface area contributed by atoms with Gasteiger partial charge in [0.2, 0.25) is 0 Å². The fourth-order valence-corrected chi connectivity index (χ4v) is 2.08. The normalized spacial score (nSPS) is 11.3. The lowest BCUT2D eigenvalue weighted by molar-refractivity contribution is -0.384. The number of nitrogens with zero attached hydrogens (tertiary/aromatic N) is 2. The van der Waals surface area contributed by atoms with E-state index in [-0.39, 0.29) is 22.0 Å². The molecule has 2 N–H and O–H groups in total. The van der Waals surface area contributed by atoms with Crippen molar-refractivity contribution in [1.82, 2.24) is 5.43 Å². The third-order valence-corrected chi connectivity index (χ3v) is 3.56. The number of non-ortho nitro benzene ring substituents is 1. The van der Waals surface area contributed by atoms with Crippen LogP contribution in [0.1, 0.15) is 11.1 Å². The van der Waals surface area contributed by atoms with Crippen LogP contribution in [0, 0.1) is 10.1 Å². The van der Waals surface area contributed by atoms with Gasteiger partial charge in [0.25, 0.3) is 5.69 Å². The predicted molar refractivity (Wildman–Crippen MR) is 93.9 cm³/mol. The molecule has 0 aromatic heterocycles. The fourth-order valence-electron chi connectivity index (χ4n) is 1.92. The highest BCUT2D eigenvalue weighted by molar-refractivity contribution is 6.39. The van der Waals surface area contributed by atoms with E-state index in [2.05, 4.69) is 5.10 Å². The van der Waals surface area contributed by atoms with Crippen LogP contribution < -0.4 is 10.7 Å². The average Bonchev–Trinajstić information content (AvgIpc) is 2.62. The summed E-state index contributed by atoms with van der Waals surface area (Å²) in [5.41, 5.74) is 0.450. The Morgan fingerprint density at radius 1 is 1.14 bits per heavy atom. The van der Waals surface area contributed by atoms with Gasteiger partial charge in [-0.1, -0.05) is 17.7 Å². The zero-order chi connectivity index (χ0) is 20.9. The van der Waals surface area contributed by atoms with Gasteiger partial charge in [-0.15, -0.1) is 0 Å². The number of rotatable bonds is 4. The molecule has 28 heavy (non-hydrogen) atoms. The summed E-state index contributed by atoms with van der Waals surface area (Å²) < 4.78 is 37.9. The van der Waals surface area contributed by atoms with Crippen molar-refractivity contribution in [2.75, 3.05) is 5.32 Å². The summed E-state index contributed by atoms with van der Waals surface area (Å²) in [5, 5.41) is 16.3. The Kier molecular flexibility index (Phi) is 6.31. The van der Waals surface area contributed by atoms with E-state index >= 15 is 0 Å². The first-order valence-electron chi connectivity index (χ1n) is 7.33. The van der Waals surface area contributed by atoms with E-state index in [1.807, 2.05) is 10.7 Å². The highest BCUT2D eigenvalue weighted by Crippen LogP contribution is 2.30. The van der Waals surface area contributed by atoms with E-state index in [1.165, 1.54) is 18.2 Å². The van der Waals surface area contributed by atoms with Gasteiger partial charge in [0, 0.05) is 28.4 Å². The summed E-state index contributed by atoms with van der Waals surface area (Å²) >= 11 is 5.84. The van der Waals surface area contributed by atoms with Crippen molar-refractivity contribution in [3.63, 3.8) is 0 Å². The van der Waals surface area contributed by atoms with Crippen LogP contribution in [0.4, 0.5) is 24.5 Å². The predicted octanol–water partition coefficient (Wildman–Crippen LogP) is 3.36. The second-order valence-electron chi connectivity index (χ2n) is 5.19. The standard InChI is InChI=1S/C16H10ClF3N4O4/c17-13-5-4-12(24(27)28)6-9(13)8-21-23-15(26)14(25)22-11-3-1-2-10(7-11)16(18,19)20/h1-8H,(H,22,25)(H,23,26)/b21-8+. The summed E-state index contributed by atoms with van der Waals surface area (Å²) in [6, 6.07) is 7.23. The molecule has 0 unspecified atom stereocenters. The average molecular weight is 415 g/mol. The highest BCUT2D eigenvalue weighted by Gasteiger charge is 2.30. The first-order chi connectivity index (χ1) is 13.1. The van der Waals surface area contributed by atoms with Crippen LogP contribution in [-0.2, 0) is 15.8 Å². The molecule has 0 aliphatic rings. The molecule has 0 atom stereocenters. The van der Waals surface area contributed by atoms with E-state index in [0.29, 0.717) is 6.07 Å². The molecule has 0 spiro atoms. The maximum Gasteiger partial charge on any atom is 0.416 e. The van der Waals surface area contributed by atoms with Gasteiger partial charge in [-0.25, -0.2) is 5.43 Å². The summed E-state index contributed by atoms with van der Waals surface area (Å²) in [5.74, 6) is -2.53. The van der Waals surface area contributed by atoms with Crippen molar-refractivity contribution < 1.29 is 27.7 Å². The maximum atomic E-state index is 12.6. The first kappa shape index (κ1) is 20.8. The topological polar surface area (TPSA) is 114 Å². The monoisotopic (exact) mass is 414 g/mol. The van der Waals surface area contributed by atoms with Gasteiger partial charge in [0.05, 0.1) is 16.7 Å². The molecule has 0 saturated heterocycles. The molecule has 8 nitrogen and oxygen atoms in total. The minimum absolute atomic E-state index is 0.106. The van der Waals surface area contributed by atoms with E-state index in [9.17, 15) is 32.9 Å². The minimum Gasteiger partial charge on any atom is -0.318 e. The van der Waals surface area contributed by atoms with Crippen LogP contribution in [0.2, 0.25) is 5.02 Å². The number of nitrogens with one attached hydrogen (secondary N) is 2. The van der Waals surface area contributed by atoms with Crippen LogP contribution >= 0.6 is 11.6 Å². The molecule has 0 bridgehead atoms. The SMILES string of the molecule is O=C(N/N=C/c1cc([N+](=O)[O-])ccc1Cl)C(=O)Nc1cccc(C(F)(F)F)c1. The smallest absolute Gasteiger partial charge is 0.318 e. The number of halogens is 4. The number of amides is 2. The maximum absolute atomic E-state index is 12.6. The van der Waals surface area contributed by atoms with E-state index < -0.39 is 28.5 Å². The molecule has 2 aromatic carbocycles. The van der Waals surface area contributed by atoms with Gasteiger partial charge in [0.1, 0.15) is 0 Å². The lowest BCUT2D eigenvalue weighted by Gasteiger charge is -2.09. The molecule has 2 amide bonds. The second kappa shape index (κ2) is 8.48. The first-order valence-corrected chi connectivity index (χ1v) is 7.71. The zero-order valence-corrected chi connectivity index (χ0v) is 14.4. The molecule has 0 aliphatic carbocycles. The lowest BCUT2D eigenvalue weighted by Crippen LogP contribution is -2.32. The number of hydrazone groups is 1. The van der Waals surface area contributed by atoms with Crippen LogP contribution in [0.3, 0.4) is 0 Å². The number of carbonyl (C=O) groups excluding carboxylic acids is 2. The van der Waals surface area contributed by atoms with Gasteiger partial charge in [-0.3, -0.25) is 19.7 Å². The third-order valence-electron chi connectivity index (χ3n) is 3.21. The van der Waals surface area contributed by atoms with Crippen molar-refractivity contribution in [3.8, 4) is 0 Å². The molecule has 0 fully saturated rings. The number of hydrogen-bond donors (Lipinski definition) is 2. The molecule has 2 rings (SSSR count). The molecular weight excluding hydrogens is 405 g/mol.